The van der Waals surface area contributed by atoms with Crippen molar-refractivity contribution >= 4 is 11.4 Å². The third-order valence-corrected chi connectivity index (χ3v) is 7.35. The third kappa shape index (κ3) is 5.20. The molecule has 40 heavy (non-hydrogen) atoms. The molecule has 2 aliphatic heterocycles. The van der Waals surface area contributed by atoms with Crippen LogP contribution in [0.2, 0.25) is 0 Å². The molecule has 0 saturated carbocycles. The Labute approximate surface area is 229 Å². The molecule has 1 atom stereocenters. The summed E-state index contributed by atoms with van der Waals surface area (Å²) in [5, 5.41) is 14.6. The molecule has 2 aliphatic rings. The number of rotatable bonds is 8. The summed E-state index contributed by atoms with van der Waals surface area (Å²) >= 11 is 0. The number of β-amino-alcohol motifs (C(OH)–C–C–N with tert-alkyl or cyclic N) is 1. The predicted molar refractivity (Wildman–Crippen MR) is 144 cm³/mol. The summed E-state index contributed by atoms with van der Waals surface area (Å²) < 4.78 is 59.9. The Morgan fingerprint density at radius 1 is 1.05 bits per heavy atom. The van der Waals surface area contributed by atoms with E-state index in [2.05, 4.69) is 5.10 Å². The van der Waals surface area contributed by atoms with Gasteiger partial charge in [0.2, 0.25) is 0 Å². The number of benzene rings is 2. The fourth-order valence-corrected chi connectivity index (χ4v) is 5.34. The Morgan fingerprint density at radius 3 is 2.38 bits per heavy atom. The molecule has 0 unspecified atom stereocenters. The summed E-state index contributed by atoms with van der Waals surface area (Å²) in [6, 6.07) is 8.76. The van der Waals surface area contributed by atoms with Crippen LogP contribution in [-0.4, -0.2) is 75.1 Å². The second-order valence-electron chi connectivity index (χ2n) is 9.81. The SMILES string of the molecule is COCCN1CCc2c(-c3cc(OC)cc(OC)c3)nn(-c3cc(N4CC[C@H](O)C4)ccc3C(F)(F)F)c(=O)c21. The molecule has 0 spiro atoms. The molecule has 2 aromatic carbocycles. The molecule has 1 saturated heterocycles. The zero-order chi connectivity index (χ0) is 28.6. The van der Waals surface area contributed by atoms with E-state index in [1.807, 2.05) is 4.90 Å². The lowest BCUT2D eigenvalue weighted by atomic mass is 10.0. The van der Waals surface area contributed by atoms with Gasteiger partial charge in [0.25, 0.3) is 5.56 Å². The highest BCUT2D eigenvalue weighted by atomic mass is 19.4. The van der Waals surface area contributed by atoms with Gasteiger partial charge in [-0.25, -0.2) is 0 Å². The lowest BCUT2D eigenvalue weighted by molar-refractivity contribution is -0.137. The number of halogens is 3. The first-order valence-electron chi connectivity index (χ1n) is 12.9. The van der Waals surface area contributed by atoms with Crippen molar-refractivity contribution in [3.8, 4) is 28.4 Å². The number of aliphatic hydroxyl groups is 1. The number of hydrogen-bond donors (Lipinski definition) is 1. The lowest BCUT2D eigenvalue weighted by Crippen LogP contribution is -2.33. The number of nitrogens with zero attached hydrogens (tertiary/aromatic N) is 4. The van der Waals surface area contributed by atoms with Gasteiger partial charge in [-0.2, -0.15) is 23.0 Å². The van der Waals surface area contributed by atoms with E-state index in [1.54, 1.807) is 30.2 Å². The molecule has 9 nitrogen and oxygen atoms in total. The maximum absolute atomic E-state index is 14.3. The van der Waals surface area contributed by atoms with Crippen LogP contribution in [0.3, 0.4) is 0 Å². The Hall–Kier alpha value is -3.77. The molecule has 1 fully saturated rings. The van der Waals surface area contributed by atoms with Gasteiger partial charge in [-0.3, -0.25) is 4.79 Å². The van der Waals surface area contributed by atoms with Crippen molar-refractivity contribution in [3.63, 3.8) is 0 Å². The summed E-state index contributed by atoms with van der Waals surface area (Å²) in [6.07, 6.45) is -4.33. The van der Waals surface area contributed by atoms with E-state index >= 15 is 0 Å². The van der Waals surface area contributed by atoms with Crippen molar-refractivity contribution < 1.29 is 32.5 Å². The van der Waals surface area contributed by atoms with Crippen molar-refractivity contribution in [3.05, 3.63) is 57.9 Å². The first-order chi connectivity index (χ1) is 19.1. The Balaban J connectivity index is 1.78. The largest absolute Gasteiger partial charge is 0.497 e. The number of anilines is 2. The molecule has 5 rings (SSSR count). The average molecular weight is 561 g/mol. The van der Waals surface area contributed by atoms with Gasteiger partial charge in [-0.05, 0) is 43.2 Å². The number of alkyl halides is 3. The van der Waals surface area contributed by atoms with Gasteiger partial charge >= 0.3 is 6.18 Å². The second kappa shape index (κ2) is 11.0. The van der Waals surface area contributed by atoms with Crippen LogP contribution in [0.15, 0.2) is 41.2 Å². The molecule has 0 bridgehead atoms. The van der Waals surface area contributed by atoms with Gasteiger partial charge in [-0.1, -0.05) is 0 Å². The third-order valence-electron chi connectivity index (χ3n) is 7.35. The molecule has 0 radical (unpaired) electrons. The average Bonchev–Trinajstić information content (AvgIpc) is 3.57. The van der Waals surface area contributed by atoms with Crippen LogP contribution >= 0.6 is 0 Å². The molecule has 0 amide bonds. The smallest absolute Gasteiger partial charge is 0.418 e. The first-order valence-corrected chi connectivity index (χ1v) is 12.9. The Bertz CT molecular complexity index is 1440. The molecule has 1 N–H and O–H groups in total. The van der Waals surface area contributed by atoms with Gasteiger partial charge in [0.1, 0.15) is 17.2 Å². The van der Waals surface area contributed by atoms with Gasteiger partial charge in [0.05, 0.1) is 43.9 Å². The minimum absolute atomic E-state index is 0.289. The standard InChI is InChI=1S/C28H31F3N4O5/c1-38-11-10-33-9-7-22-25(17-12-20(39-2)15-21(13-17)40-3)32-35(27(37)26(22)33)24-14-18(34-8-6-19(36)16-34)4-5-23(24)28(29,30)31/h4-5,12-15,19,36H,6-11,16H2,1-3H3/t19-/m0/s1. The molecule has 12 heteroatoms. The van der Waals surface area contributed by atoms with E-state index in [9.17, 15) is 23.1 Å². The highest BCUT2D eigenvalue weighted by molar-refractivity contribution is 5.75. The molecule has 3 heterocycles. The predicted octanol–water partition coefficient (Wildman–Crippen LogP) is 3.52. The molecular weight excluding hydrogens is 529 g/mol. The highest BCUT2D eigenvalue weighted by Gasteiger charge is 2.37. The summed E-state index contributed by atoms with van der Waals surface area (Å²) in [4.78, 5) is 17.6. The quantitative estimate of drug-likeness (QED) is 0.448. The van der Waals surface area contributed by atoms with Crippen LogP contribution in [0, 0.1) is 0 Å². The van der Waals surface area contributed by atoms with E-state index in [1.165, 1.54) is 26.4 Å². The van der Waals surface area contributed by atoms with Crippen molar-refractivity contribution in [1.29, 1.82) is 0 Å². The summed E-state index contributed by atoms with van der Waals surface area (Å²) in [6.45, 7) is 1.99. The van der Waals surface area contributed by atoms with Crippen LogP contribution < -0.4 is 24.8 Å². The molecular formula is C28H31F3N4O5. The molecule has 0 aliphatic carbocycles. The van der Waals surface area contributed by atoms with Crippen LogP contribution in [0.25, 0.3) is 16.9 Å². The monoisotopic (exact) mass is 560 g/mol. The van der Waals surface area contributed by atoms with Crippen LogP contribution in [-0.2, 0) is 17.3 Å². The molecule has 1 aromatic heterocycles. The fraction of sp³-hybridized carbons (Fsp3) is 0.429. The van der Waals surface area contributed by atoms with Crippen molar-refractivity contribution in [2.24, 2.45) is 0 Å². The number of aromatic nitrogens is 2. The Morgan fingerprint density at radius 2 is 1.77 bits per heavy atom. The fourth-order valence-electron chi connectivity index (χ4n) is 5.34. The second-order valence-corrected chi connectivity index (χ2v) is 9.81. The van der Waals surface area contributed by atoms with Gasteiger partial charge in [-0.15, -0.1) is 0 Å². The minimum Gasteiger partial charge on any atom is -0.497 e. The van der Waals surface area contributed by atoms with E-state index in [-0.39, 0.29) is 12.2 Å². The maximum atomic E-state index is 14.3. The normalized spacial score (nSPS) is 16.9. The number of fused-ring (bicyclic) bond motifs is 1. The topological polar surface area (TPSA) is 89.3 Å². The number of aliphatic hydroxyl groups excluding tert-OH is 1. The van der Waals surface area contributed by atoms with Gasteiger partial charge < -0.3 is 29.1 Å². The Kier molecular flexibility index (Phi) is 7.65. The number of methoxy groups -OCH3 is 3. The summed E-state index contributed by atoms with van der Waals surface area (Å²) in [5.74, 6) is 0.949. The zero-order valence-electron chi connectivity index (χ0n) is 22.5. The minimum atomic E-state index is -4.74. The zero-order valence-corrected chi connectivity index (χ0v) is 22.5. The van der Waals surface area contributed by atoms with E-state index in [0.717, 1.165) is 10.7 Å². The highest BCUT2D eigenvalue weighted by Crippen LogP contribution is 2.39. The van der Waals surface area contributed by atoms with Crippen molar-refractivity contribution in [2.75, 3.05) is 63.9 Å². The first kappa shape index (κ1) is 27.8. The summed E-state index contributed by atoms with van der Waals surface area (Å²) in [7, 11) is 4.55. The van der Waals surface area contributed by atoms with Gasteiger partial charge in [0, 0.05) is 56.2 Å². The van der Waals surface area contributed by atoms with Crippen LogP contribution in [0.5, 0.6) is 11.5 Å². The number of hydrogen-bond acceptors (Lipinski definition) is 8. The summed E-state index contributed by atoms with van der Waals surface area (Å²) in [5.41, 5.74) is 0.291. The van der Waals surface area contributed by atoms with E-state index in [0.29, 0.717) is 78.8 Å². The van der Waals surface area contributed by atoms with E-state index < -0.39 is 23.4 Å². The maximum Gasteiger partial charge on any atom is 0.418 e. The lowest BCUT2D eigenvalue weighted by Gasteiger charge is -2.23. The van der Waals surface area contributed by atoms with Crippen LogP contribution in [0.4, 0.5) is 24.5 Å². The number of ether oxygens (including phenoxy) is 3. The van der Waals surface area contributed by atoms with E-state index in [4.69, 9.17) is 14.2 Å². The van der Waals surface area contributed by atoms with Crippen molar-refractivity contribution in [1.82, 2.24) is 9.78 Å². The van der Waals surface area contributed by atoms with Crippen LogP contribution in [0.1, 0.15) is 17.5 Å². The molecule has 214 valence electrons. The molecule has 3 aromatic rings. The van der Waals surface area contributed by atoms with Crippen molar-refractivity contribution in [2.45, 2.75) is 25.1 Å². The van der Waals surface area contributed by atoms with Gasteiger partial charge in [0.15, 0.2) is 0 Å².